The van der Waals surface area contributed by atoms with Crippen LogP contribution >= 0.6 is 0 Å². The minimum atomic E-state index is -0.198. The van der Waals surface area contributed by atoms with Gasteiger partial charge in [-0.15, -0.1) is 0 Å². The zero-order chi connectivity index (χ0) is 18.6. The van der Waals surface area contributed by atoms with Crippen LogP contribution in [0.3, 0.4) is 0 Å². The van der Waals surface area contributed by atoms with E-state index in [0.717, 1.165) is 25.7 Å². The molecule has 0 aromatic carbocycles. The Balaban J connectivity index is 1.40. The van der Waals surface area contributed by atoms with Crippen LogP contribution in [0.4, 0.5) is 0 Å². The lowest BCUT2D eigenvalue weighted by Crippen LogP contribution is -2.55. The molecule has 1 heterocycles. The highest BCUT2D eigenvalue weighted by Gasteiger charge is 2.78. The van der Waals surface area contributed by atoms with Crippen LogP contribution in [0.25, 0.3) is 0 Å². The largest absolute Gasteiger partial charge is 0.458 e. The molecule has 0 aromatic rings. The first-order valence-electron chi connectivity index (χ1n) is 11.0. The second kappa shape index (κ2) is 5.25. The number of allylic oxidation sites excluding steroid dienone is 1. The van der Waals surface area contributed by atoms with Gasteiger partial charge in [0.05, 0.1) is 6.61 Å². The van der Waals surface area contributed by atoms with Crippen molar-refractivity contribution in [3.8, 4) is 0 Å². The number of ketones is 1. The number of carbonyl (C=O) groups is 2. The summed E-state index contributed by atoms with van der Waals surface area (Å²) < 4.78 is 6.14. The zero-order valence-corrected chi connectivity index (χ0v) is 16.2. The number of rotatable bonds is 1. The summed E-state index contributed by atoms with van der Waals surface area (Å²) in [7, 11) is 0. The van der Waals surface area contributed by atoms with Gasteiger partial charge in [-0.2, -0.15) is 0 Å². The van der Waals surface area contributed by atoms with Crippen LogP contribution in [0, 0.1) is 40.9 Å². The Hall–Kier alpha value is -1.16. The molecular formula is C23H30O4. The van der Waals surface area contributed by atoms with E-state index in [0.29, 0.717) is 60.6 Å². The number of carbonyl (C=O) groups excluding carboxylic acids is 2. The summed E-state index contributed by atoms with van der Waals surface area (Å²) in [5.74, 6) is 4.04. The Kier molecular flexibility index (Phi) is 3.26. The van der Waals surface area contributed by atoms with Crippen LogP contribution in [-0.2, 0) is 14.3 Å². The molecule has 6 aliphatic rings. The molecule has 0 aromatic heterocycles. The fourth-order valence-electron chi connectivity index (χ4n) is 8.84. The Morgan fingerprint density at radius 3 is 2.70 bits per heavy atom. The van der Waals surface area contributed by atoms with E-state index in [2.05, 4.69) is 6.92 Å². The summed E-state index contributed by atoms with van der Waals surface area (Å²) in [6, 6.07) is 0. The molecule has 4 heteroatoms. The summed E-state index contributed by atoms with van der Waals surface area (Å²) in [5, 5.41) is 10.1. The molecule has 6 rings (SSSR count). The molecule has 4 saturated carbocycles. The maximum atomic E-state index is 12.1. The highest BCUT2D eigenvalue weighted by Crippen LogP contribution is 2.78. The molecule has 1 saturated heterocycles. The maximum absolute atomic E-state index is 12.1. The first kappa shape index (κ1) is 16.8. The van der Waals surface area contributed by atoms with Gasteiger partial charge in [-0.1, -0.05) is 12.5 Å². The molecule has 5 aliphatic carbocycles. The third kappa shape index (κ3) is 1.93. The Morgan fingerprint density at radius 1 is 1.11 bits per heavy atom. The molecule has 1 aliphatic heterocycles. The second-order valence-corrected chi connectivity index (χ2v) is 10.5. The summed E-state index contributed by atoms with van der Waals surface area (Å²) in [4.78, 5) is 24.2. The summed E-state index contributed by atoms with van der Waals surface area (Å²) in [6.07, 6.45) is 8.34. The highest BCUT2D eigenvalue weighted by molar-refractivity contribution is 5.82. The molecule has 1 spiro atoms. The number of hydrogen-bond donors (Lipinski definition) is 1. The van der Waals surface area contributed by atoms with E-state index in [4.69, 9.17) is 4.74 Å². The van der Waals surface area contributed by atoms with Gasteiger partial charge < -0.3 is 9.84 Å². The average molecular weight is 370 g/mol. The van der Waals surface area contributed by atoms with Crippen molar-refractivity contribution < 1.29 is 19.4 Å². The normalized spacial score (nSPS) is 53.0. The van der Waals surface area contributed by atoms with Crippen molar-refractivity contribution in [2.75, 3.05) is 6.61 Å². The fraction of sp³-hybridized carbons (Fsp3) is 0.826. The summed E-state index contributed by atoms with van der Waals surface area (Å²) in [6.45, 7) is 2.53. The predicted octanol–water partition coefficient (Wildman–Crippen LogP) is 3.42. The van der Waals surface area contributed by atoms with Crippen LogP contribution in [0.5, 0.6) is 0 Å². The number of Topliss-reactive ketones (excluding diaryl/α,β-unsaturated/α-hetero) is 1. The monoisotopic (exact) mass is 370 g/mol. The highest BCUT2D eigenvalue weighted by atomic mass is 16.6. The number of aliphatic hydroxyl groups is 1. The van der Waals surface area contributed by atoms with Crippen molar-refractivity contribution in [2.45, 2.75) is 70.3 Å². The van der Waals surface area contributed by atoms with Crippen LogP contribution in [0.1, 0.15) is 64.7 Å². The lowest BCUT2D eigenvalue weighted by Gasteiger charge is -2.57. The maximum Gasteiger partial charge on any atom is 0.306 e. The van der Waals surface area contributed by atoms with Crippen LogP contribution < -0.4 is 0 Å². The minimum Gasteiger partial charge on any atom is -0.458 e. The molecule has 1 N–H and O–H groups in total. The standard InChI is InChI=1S/C23H30O4/c1-22-6-4-15-14-3-2-13(25)9-16(14)12(11-24)8-17(15)21(22)18-10-19(18)23(22)7-5-20(26)27-23/h14-15,17-19,21,24H,2-11H2,1H3/t14-,15?,17?,18?,19?,21?,22+,23+/m1/s1. The summed E-state index contributed by atoms with van der Waals surface area (Å²) >= 11 is 0. The van der Waals surface area contributed by atoms with Gasteiger partial charge in [0.2, 0.25) is 0 Å². The molecule has 0 radical (unpaired) electrons. The molecule has 0 amide bonds. The second-order valence-electron chi connectivity index (χ2n) is 10.5. The SMILES string of the molecule is C[C@]12CCC3C(CC(CO)=C4CC(=O)CC[C@@H]43)C1C1CC1[C@@]21CCC(=O)O1. The van der Waals surface area contributed by atoms with Crippen molar-refractivity contribution in [1.82, 2.24) is 0 Å². The molecular weight excluding hydrogens is 340 g/mol. The number of aliphatic hydroxyl groups excluding tert-OH is 1. The van der Waals surface area contributed by atoms with E-state index in [1.165, 1.54) is 24.0 Å². The van der Waals surface area contributed by atoms with Gasteiger partial charge in [-0.3, -0.25) is 9.59 Å². The lowest BCUT2D eigenvalue weighted by molar-refractivity contribution is -0.173. The quantitative estimate of drug-likeness (QED) is 0.567. The Morgan fingerprint density at radius 2 is 1.96 bits per heavy atom. The molecule has 4 nitrogen and oxygen atoms in total. The van der Waals surface area contributed by atoms with Gasteiger partial charge in [-0.25, -0.2) is 0 Å². The van der Waals surface area contributed by atoms with Gasteiger partial charge in [0, 0.05) is 30.6 Å². The van der Waals surface area contributed by atoms with E-state index in [-0.39, 0.29) is 23.6 Å². The van der Waals surface area contributed by atoms with E-state index < -0.39 is 0 Å². The number of fused-ring (bicyclic) bond motifs is 9. The lowest BCUT2D eigenvalue weighted by atomic mass is 9.48. The third-order valence-corrected chi connectivity index (χ3v) is 9.82. The molecule has 146 valence electrons. The third-order valence-electron chi connectivity index (χ3n) is 9.82. The van der Waals surface area contributed by atoms with Crippen molar-refractivity contribution in [3.63, 3.8) is 0 Å². The number of hydrogen-bond acceptors (Lipinski definition) is 4. The van der Waals surface area contributed by atoms with Crippen molar-refractivity contribution in [3.05, 3.63) is 11.1 Å². The fourth-order valence-corrected chi connectivity index (χ4v) is 8.84. The van der Waals surface area contributed by atoms with Crippen molar-refractivity contribution in [2.24, 2.45) is 40.9 Å². The van der Waals surface area contributed by atoms with E-state index >= 15 is 0 Å². The smallest absolute Gasteiger partial charge is 0.306 e. The van der Waals surface area contributed by atoms with Crippen LogP contribution in [0.15, 0.2) is 11.1 Å². The van der Waals surface area contributed by atoms with Gasteiger partial charge in [0.15, 0.2) is 0 Å². The first-order valence-corrected chi connectivity index (χ1v) is 11.0. The predicted molar refractivity (Wildman–Crippen MR) is 98.5 cm³/mol. The van der Waals surface area contributed by atoms with Crippen molar-refractivity contribution >= 4 is 11.8 Å². The van der Waals surface area contributed by atoms with Gasteiger partial charge in [-0.05, 0) is 73.7 Å². The number of esters is 1. The van der Waals surface area contributed by atoms with Crippen LogP contribution in [0.2, 0.25) is 0 Å². The Labute approximate surface area is 160 Å². The van der Waals surface area contributed by atoms with E-state index in [9.17, 15) is 14.7 Å². The van der Waals surface area contributed by atoms with Crippen LogP contribution in [-0.4, -0.2) is 29.1 Å². The number of ether oxygens (including phenoxy) is 1. The molecule has 8 atom stereocenters. The van der Waals surface area contributed by atoms with Crippen molar-refractivity contribution in [1.29, 1.82) is 0 Å². The first-order chi connectivity index (χ1) is 13.0. The van der Waals surface area contributed by atoms with E-state index in [1.54, 1.807) is 0 Å². The van der Waals surface area contributed by atoms with Gasteiger partial charge in [0.1, 0.15) is 11.4 Å². The summed E-state index contributed by atoms with van der Waals surface area (Å²) in [5.41, 5.74) is 2.37. The molecule has 27 heavy (non-hydrogen) atoms. The topological polar surface area (TPSA) is 63.6 Å². The minimum absolute atomic E-state index is 0.0114. The molecule has 0 bridgehead atoms. The Bertz CT molecular complexity index is 768. The molecule has 5 fully saturated rings. The van der Waals surface area contributed by atoms with Gasteiger partial charge >= 0.3 is 5.97 Å². The van der Waals surface area contributed by atoms with E-state index in [1.807, 2.05) is 0 Å². The molecule has 5 unspecified atom stereocenters. The van der Waals surface area contributed by atoms with Gasteiger partial charge in [0.25, 0.3) is 0 Å². The zero-order valence-electron chi connectivity index (χ0n) is 16.2. The average Bonchev–Trinajstić information content (AvgIpc) is 3.29.